The summed E-state index contributed by atoms with van der Waals surface area (Å²) in [5.41, 5.74) is 12.6. The number of alkyl halides is 3. The van der Waals surface area contributed by atoms with E-state index in [1.165, 1.54) is 54.6 Å². The van der Waals surface area contributed by atoms with Crippen molar-refractivity contribution in [2.75, 3.05) is 123 Å². The molecule has 8 rings (SSSR count). The van der Waals surface area contributed by atoms with E-state index < -0.39 is 245 Å². The van der Waals surface area contributed by atoms with Crippen molar-refractivity contribution in [3.8, 4) is 5.75 Å². The van der Waals surface area contributed by atoms with Crippen molar-refractivity contribution >= 4 is 394 Å². The molecule has 44 nitrogen and oxygen atoms in total. The molecule has 0 amide bonds. The van der Waals surface area contributed by atoms with Crippen LogP contribution in [0, 0.1) is 50.9 Å². The highest BCUT2D eigenvalue weighted by Gasteiger charge is 2.44. The largest absolute Gasteiger partial charge is 0.748 e. The Balaban J connectivity index is 0.000000818. The average molecular weight is 3410 g/mol. The Morgan fingerprint density at radius 2 is 0.678 bits per heavy atom. The number of phenolic OH excluding ortho intramolecular Hbond substituents is 1. The second-order valence-electron chi connectivity index (χ2n) is 26.2. The van der Waals surface area contributed by atoms with E-state index in [9.17, 15) is 169 Å². The molecule has 8 aromatic rings. The van der Waals surface area contributed by atoms with Gasteiger partial charge in [-0.25, -0.2) is 114 Å². The molecule has 0 saturated heterocycles. The fourth-order valence-electron chi connectivity index (χ4n) is 8.53. The van der Waals surface area contributed by atoms with Crippen molar-refractivity contribution in [3.63, 3.8) is 0 Å². The van der Waals surface area contributed by atoms with Crippen LogP contribution < -0.4 is 16.4 Å². The summed E-state index contributed by atoms with van der Waals surface area (Å²) in [6.07, 6.45) is -8.26. The molecule has 0 aliphatic rings. The number of benzene rings is 8. The van der Waals surface area contributed by atoms with Gasteiger partial charge in [0.25, 0.3) is 0 Å². The van der Waals surface area contributed by atoms with E-state index in [4.69, 9.17) is 25.7 Å². The molecule has 143 heavy (non-hydrogen) atoms. The first kappa shape index (κ1) is 137. The molecule has 0 radical (unpaired) electrons. The summed E-state index contributed by atoms with van der Waals surface area (Å²) in [6, 6.07) is 34.9. The Labute approximate surface area is 963 Å². The first-order chi connectivity index (χ1) is 65.3. The smallest absolute Gasteiger partial charge is 0.426 e. The molecule has 794 valence electrons. The van der Waals surface area contributed by atoms with E-state index in [-0.39, 0.29) is 44.9 Å². The molecule has 1 unspecified atom stereocenters. The van der Waals surface area contributed by atoms with Crippen molar-refractivity contribution in [2.24, 2.45) is 0 Å². The third kappa shape index (κ3) is 61.1. The summed E-state index contributed by atoms with van der Waals surface area (Å²) in [7, 11) is -32.2. The molecule has 0 fully saturated rings. The molecule has 1 atom stereocenters. The molecule has 0 bridgehead atoms. The summed E-state index contributed by atoms with van der Waals surface area (Å²) in [5.74, 6) is -15.7. The van der Waals surface area contributed by atoms with Gasteiger partial charge >= 0.3 is 53.9 Å². The number of rotatable bonds is 33. The lowest BCUT2D eigenvalue weighted by atomic mass is 10.2. The van der Waals surface area contributed by atoms with Gasteiger partial charge in [-0.15, -0.1) is 0 Å². The van der Waals surface area contributed by atoms with Crippen molar-refractivity contribution in [3.05, 3.63) is 235 Å². The van der Waals surface area contributed by atoms with E-state index in [1.54, 1.807) is 112 Å². The predicted octanol–water partition coefficient (Wildman–Crippen LogP) is 9.90. The van der Waals surface area contributed by atoms with Gasteiger partial charge in [-0.1, -0.05) is 6.07 Å². The fraction of sp³-hybridized carbons (Fsp3) is 0.253. The Morgan fingerprint density at radius 1 is 0.336 bits per heavy atom. The lowest BCUT2D eigenvalue weighted by Crippen LogP contribution is -2.39. The quantitative estimate of drug-likeness (QED) is 0.00859. The lowest BCUT2D eigenvalue weighted by molar-refractivity contribution is -0.197. The number of hydrogen-bond acceptors (Lipinski definition) is 44. The van der Waals surface area contributed by atoms with Gasteiger partial charge in [-0.05, 0) is 382 Å². The molecule has 0 aromatic heterocycles. The third-order valence-electron chi connectivity index (χ3n) is 14.9. The van der Waals surface area contributed by atoms with Crippen LogP contribution in [0.1, 0.15) is 82.9 Å². The summed E-state index contributed by atoms with van der Waals surface area (Å²) >= 11 is 21.3. The number of nitrogens with two attached hydrogens (primary N) is 2. The zero-order chi connectivity index (χ0) is 110. The first-order valence-corrected chi connectivity index (χ1v) is 61.3. The number of nitrogens with zero attached hydrogens (tertiary/aromatic N) is 1. The summed E-state index contributed by atoms with van der Waals surface area (Å²) in [4.78, 5) is 94.1. The Hall–Kier alpha value is -4.32. The van der Waals surface area contributed by atoms with Gasteiger partial charge in [0.1, 0.15) is 69.2 Å². The van der Waals surface area contributed by atoms with Gasteiger partial charge in [0.05, 0.1) is 175 Å². The van der Waals surface area contributed by atoms with Crippen LogP contribution in [0.4, 0.5) is 39.0 Å². The second-order valence-corrected chi connectivity index (χ2v) is 51.5. The second kappa shape index (κ2) is 63.9. The number of nitrogen functional groups attached to an aromatic ring is 2. The minimum absolute atomic E-state index is 0.0727. The highest BCUT2D eigenvalue weighted by Crippen LogP contribution is 2.31. The third-order valence-corrected chi connectivity index (χ3v) is 29.0. The zero-order valence-electron chi connectivity index (χ0n) is 71.2. The maximum absolute atomic E-state index is 13.3. The maximum Gasteiger partial charge on any atom is 0.426 e. The van der Waals surface area contributed by atoms with Crippen LogP contribution in [-0.2, 0) is 119 Å². The van der Waals surface area contributed by atoms with E-state index in [2.05, 4.69) is 68.9 Å². The summed E-state index contributed by atoms with van der Waals surface area (Å²) in [6.45, 7) is -3.44. The molecule has 0 aliphatic carbocycles. The minimum atomic E-state index is -5.24. The van der Waals surface area contributed by atoms with Crippen molar-refractivity contribution in [1.29, 1.82) is 0 Å². The Morgan fingerprint density at radius 3 is 1.08 bits per heavy atom. The number of ether oxygens (including phenoxy) is 8. The summed E-state index contributed by atoms with van der Waals surface area (Å²) < 4.78 is 356. The monoisotopic (exact) mass is 3410 g/mol. The van der Waals surface area contributed by atoms with Crippen LogP contribution in [-0.4, -0.2) is 275 Å². The number of hydrogen-bond donors (Lipinski definition) is 3. The lowest BCUT2D eigenvalue weighted by Gasteiger charge is -2.22. The van der Waals surface area contributed by atoms with E-state index in [0.717, 1.165) is 32.1 Å². The van der Waals surface area contributed by atoms with Crippen LogP contribution in [0.25, 0.3) is 0 Å². The number of halogens is 16. The van der Waals surface area contributed by atoms with Crippen LogP contribution in [0.15, 0.2) is 140 Å². The van der Waals surface area contributed by atoms with Gasteiger partial charge in [-0.3, -0.25) is 0 Å². The first-order valence-electron chi connectivity index (χ1n) is 36.8. The molecule has 0 saturated carbocycles. The van der Waals surface area contributed by atoms with Gasteiger partial charge in [0.15, 0.2) is 0 Å². The highest BCUT2D eigenvalue weighted by atomic mass is 127. The molecule has 68 heteroatoms. The average Bonchev–Trinajstić information content (AvgIpc) is 0.848. The van der Waals surface area contributed by atoms with Gasteiger partial charge in [0, 0.05) is 61.2 Å². The Kier molecular flexibility index (Phi) is 61.0. The number of esters is 8. The number of carbonyl (C=O) groups excluding carboxylic acids is 8. The topological polar surface area (TPSA) is 744 Å². The van der Waals surface area contributed by atoms with Crippen LogP contribution in [0.5, 0.6) is 5.75 Å². The minimum Gasteiger partial charge on any atom is -0.748 e. The molecular weight excluding hydrogens is 3350 g/mol. The standard InChI is InChI=1S/C11H14INO5S.C10H8F3I2NO5S.2C9H8FIO5S.2C9H8I2O5S.C9H10INO5S.C9H9IO6S/c1-13(2)10-4-3-8(7-9(10)12)11(14)18-5-6-19(15,16)17;11-10(12,13)7(3-22(18,19)20)21-9(17)5-1-4(14)2-6(15)8(5)16;10-8-2-1-6(11)5-7(8)9(12)16-3-4-17(13,14)15;10-6-2-1-3-7(11)8(6)9(12)16-4-5-17(13,14)15;10-6-1-2-8(11)7(5-6)9(12)16-3-4-17(13,14)15;10-6-1-2-7(8(11)5-6)9(12)16-3-4-17(13,14)15;10-6-1-2-8(11)7(5-6)9(12)16-3-4-17(13,14)15;10-7-2-1-6(5-8(7)11)9(12)16-3-4-17(13,14)15/h3-4,7H,5-6H2,1-2H3,(H,15,16,17);1-2,7H,3,16H2,(H,18,19,20);1-2,5H,3-4H2,(H,13,14,15);1-3H,4-5H2,(H,13,14,15);2*1-2,5H,3-4H2,(H,13,14,15);1-2,5H,3-4,11H2,(H,13,14,15);1-2,5,11H,3-4H2,(H,13,14,15)/p-8. The van der Waals surface area contributed by atoms with E-state index in [1.807, 2.05) is 183 Å². The van der Waals surface area contributed by atoms with Crippen LogP contribution in [0.2, 0.25) is 0 Å². The van der Waals surface area contributed by atoms with Crippen molar-refractivity contribution in [2.45, 2.75) is 12.3 Å². The zero-order valence-corrected chi connectivity index (χ0v) is 101. The number of carbonyl (C=O) groups is 8. The van der Waals surface area contributed by atoms with Crippen LogP contribution >= 0.6 is 248 Å². The molecule has 8 aromatic carbocycles. The number of phenols is 1. The van der Waals surface area contributed by atoms with Crippen molar-refractivity contribution in [1.82, 2.24) is 0 Å². The van der Waals surface area contributed by atoms with E-state index >= 15 is 0 Å². The molecular formula is C75H65F5I11N3O41S8-8. The number of anilines is 3. The summed E-state index contributed by atoms with van der Waals surface area (Å²) in [5, 5.41) is 9.34. The molecule has 5 N–H and O–H groups in total. The molecule has 0 aliphatic heterocycles. The SMILES string of the molecule is CN(C)c1ccc(C(=O)OCCS(=O)(=O)[O-])cc1I.Nc1c(I)cc(I)cc1C(=O)OC(CS(=O)(=O)[O-])C(F)(F)F.Nc1ccc(I)cc1C(=O)OCCS(=O)(=O)[O-].O=C(OCCS(=O)(=O)[O-])c1c(F)cccc1I.O=C(OCCS(=O)(=O)[O-])c1cc(I)ccc1F.O=C(OCCS(=O)(=O)[O-])c1cc(I)ccc1I.O=C(OCCS(=O)(=O)[O-])c1ccc(I)c(O)c1.O=C(OCCS(=O)(=O)[O-])c1ccc(I)cc1I. The van der Waals surface area contributed by atoms with Gasteiger partial charge in [0.2, 0.25) is 6.10 Å². The fourth-order valence-corrected chi connectivity index (χ4v) is 18.9. The van der Waals surface area contributed by atoms with Crippen LogP contribution in [0.3, 0.4) is 0 Å². The van der Waals surface area contributed by atoms with Gasteiger partial charge < -0.3 is 95.8 Å². The maximum atomic E-state index is 13.3. The number of aromatic hydroxyl groups is 1. The predicted molar refractivity (Wildman–Crippen MR) is 580 cm³/mol. The highest BCUT2D eigenvalue weighted by molar-refractivity contribution is 14.1. The van der Waals surface area contributed by atoms with Crippen molar-refractivity contribution < 1.29 is 207 Å². The normalized spacial score (nSPS) is 11.6. The van der Waals surface area contributed by atoms with E-state index in [0.29, 0.717) is 41.7 Å². The van der Waals surface area contributed by atoms with Gasteiger partial charge in [-0.2, -0.15) is 13.2 Å². The Bertz CT molecular complexity index is 6610. The molecule has 0 heterocycles. The molecule has 0 spiro atoms.